The summed E-state index contributed by atoms with van der Waals surface area (Å²) >= 11 is 0. The standard InChI is InChI=1S/C15H24N2O3/c1-15(20,11-16)12-17(14(18)19)10-6-5-9-13-7-3-2-4-8-13/h2-4,7-8,20H,5-6,9-12,16H2,1H3,(H,18,19)/t15-/m1/s1. The van der Waals surface area contributed by atoms with E-state index in [4.69, 9.17) is 10.8 Å². The summed E-state index contributed by atoms with van der Waals surface area (Å²) in [5.41, 5.74) is 5.50. The lowest BCUT2D eigenvalue weighted by atomic mass is 10.1. The molecule has 112 valence electrons. The van der Waals surface area contributed by atoms with E-state index in [1.807, 2.05) is 18.2 Å². The normalized spacial score (nSPS) is 13.8. The van der Waals surface area contributed by atoms with Crippen LogP contribution in [0.5, 0.6) is 0 Å². The fourth-order valence-electron chi connectivity index (χ4n) is 1.99. The smallest absolute Gasteiger partial charge is 0.407 e. The predicted octanol–water partition coefficient (Wildman–Crippen LogP) is 1.70. The van der Waals surface area contributed by atoms with Crippen LogP contribution in [0.1, 0.15) is 25.3 Å². The van der Waals surface area contributed by atoms with E-state index >= 15 is 0 Å². The highest BCUT2D eigenvalue weighted by Gasteiger charge is 2.24. The van der Waals surface area contributed by atoms with E-state index in [1.165, 1.54) is 10.5 Å². The summed E-state index contributed by atoms with van der Waals surface area (Å²) in [5.74, 6) is 0. The lowest BCUT2D eigenvalue weighted by Crippen LogP contribution is -2.48. The molecule has 0 aromatic heterocycles. The second-order valence-corrected chi connectivity index (χ2v) is 5.35. The number of benzene rings is 1. The molecule has 0 aliphatic rings. The summed E-state index contributed by atoms with van der Waals surface area (Å²) in [4.78, 5) is 12.4. The second-order valence-electron chi connectivity index (χ2n) is 5.35. The molecule has 0 unspecified atom stereocenters. The largest absolute Gasteiger partial charge is 0.465 e. The van der Waals surface area contributed by atoms with Crippen molar-refractivity contribution in [3.8, 4) is 0 Å². The fourth-order valence-corrected chi connectivity index (χ4v) is 1.99. The molecular weight excluding hydrogens is 256 g/mol. The Morgan fingerprint density at radius 1 is 1.30 bits per heavy atom. The van der Waals surface area contributed by atoms with Crippen LogP contribution in [0.3, 0.4) is 0 Å². The van der Waals surface area contributed by atoms with Crippen molar-refractivity contribution in [2.75, 3.05) is 19.6 Å². The van der Waals surface area contributed by atoms with Crippen molar-refractivity contribution in [2.24, 2.45) is 5.73 Å². The molecule has 0 radical (unpaired) electrons. The van der Waals surface area contributed by atoms with Gasteiger partial charge in [-0.25, -0.2) is 4.79 Å². The number of nitrogens with two attached hydrogens (primary N) is 1. The number of hydrogen-bond donors (Lipinski definition) is 3. The average molecular weight is 280 g/mol. The van der Waals surface area contributed by atoms with Crippen molar-refractivity contribution in [3.63, 3.8) is 0 Å². The first-order valence-electron chi connectivity index (χ1n) is 6.89. The number of unbranched alkanes of at least 4 members (excludes halogenated alkanes) is 1. The second kappa shape index (κ2) is 7.87. The molecule has 5 heteroatoms. The van der Waals surface area contributed by atoms with E-state index in [2.05, 4.69) is 12.1 Å². The fraction of sp³-hybridized carbons (Fsp3) is 0.533. The van der Waals surface area contributed by atoms with E-state index in [0.29, 0.717) is 6.54 Å². The number of nitrogens with zero attached hydrogens (tertiary/aromatic N) is 1. The van der Waals surface area contributed by atoms with Crippen molar-refractivity contribution in [1.82, 2.24) is 4.90 Å². The van der Waals surface area contributed by atoms with Crippen LogP contribution in [0.15, 0.2) is 30.3 Å². The van der Waals surface area contributed by atoms with E-state index in [9.17, 15) is 9.90 Å². The Bertz CT molecular complexity index is 407. The Morgan fingerprint density at radius 2 is 1.95 bits per heavy atom. The number of aliphatic hydroxyl groups is 1. The highest BCUT2D eigenvalue weighted by Crippen LogP contribution is 2.09. The maximum Gasteiger partial charge on any atom is 0.407 e. The molecule has 1 aromatic carbocycles. The zero-order valence-electron chi connectivity index (χ0n) is 12.0. The van der Waals surface area contributed by atoms with Crippen molar-refractivity contribution in [1.29, 1.82) is 0 Å². The van der Waals surface area contributed by atoms with Gasteiger partial charge in [0.25, 0.3) is 0 Å². The molecule has 1 rings (SSSR count). The Hall–Kier alpha value is -1.59. The summed E-state index contributed by atoms with van der Waals surface area (Å²) in [6, 6.07) is 10.1. The molecule has 0 spiro atoms. The predicted molar refractivity (Wildman–Crippen MR) is 78.7 cm³/mol. The SMILES string of the molecule is C[C@@](O)(CN)CN(CCCCc1ccccc1)C(=O)O. The van der Waals surface area contributed by atoms with Crippen LogP contribution in [0.4, 0.5) is 4.79 Å². The minimum atomic E-state index is -1.17. The van der Waals surface area contributed by atoms with Gasteiger partial charge in [0.1, 0.15) is 0 Å². The van der Waals surface area contributed by atoms with Crippen LogP contribution in [0, 0.1) is 0 Å². The van der Waals surface area contributed by atoms with E-state index in [1.54, 1.807) is 6.92 Å². The molecule has 0 aliphatic carbocycles. The summed E-state index contributed by atoms with van der Waals surface area (Å²) in [6.07, 6.45) is 1.60. The quantitative estimate of drug-likeness (QED) is 0.633. The van der Waals surface area contributed by atoms with Gasteiger partial charge in [-0.1, -0.05) is 30.3 Å². The summed E-state index contributed by atoms with van der Waals surface area (Å²) < 4.78 is 0. The van der Waals surface area contributed by atoms with Crippen LogP contribution in [-0.4, -0.2) is 46.4 Å². The molecule has 5 nitrogen and oxygen atoms in total. The molecule has 1 amide bonds. The van der Waals surface area contributed by atoms with Crippen LogP contribution in [0.2, 0.25) is 0 Å². The maximum atomic E-state index is 11.1. The summed E-state index contributed by atoms with van der Waals surface area (Å²) in [5, 5.41) is 19.0. The average Bonchev–Trinajstić information content (AvgIpc) is 2.43. The van der Waals surface area contributed by atoms with Crippen molar-refractivity contribution in [3.05, 3.63) is 35.9 Å². The molecule has 0 saturated heterocycles. The number of amides is 1. The van der Waals surface area contributed by atoms with E-state index in [0.717, 1.165) is 19.3 Å². The third kappa shape index (κ3) is 6.04. The maximum absolute atomic E-state index is 11.1. The number of carboxylic acid groups (broad SMARTS) is 1. The Labute approximate surface area is 120 Å². The number of rotatable bonds is 8. The zero-order valence-corrected chi connectivity index (χ0v) is 12.0. The highest BCUT2D eigenvalue weighted by molar-refractivity contribution is 5.65. The summed E-state index contributed by atoms with van der Waals surface area (Å²) in [6.45, 7) is 2.05. The van der Waals surface area contributed by atoms with Gasteiger partial charge in [0.15, 0.2) is 0 Å². The van der Waals surface area contributed by atoms with Crippen LogP contribution >= 0.6 is 0 Å². The van der Waals surface area contributed by atoms with Crippen LogP contribution in [0.25, 0.3) is 0 Å². The lowest BCUT2D eigenvalue weighted by Gasteiger charge is -2.28. The van der Waals surface area contributed by atoms with Crippen LogP contribution < -0.4 is 5.73 Å². The Balaban J connectivity index is 2.35. The molecule has 0 heterocycles. The monoisotopic (exact) mass is 280 g/mol. The van der Waals surface area contributed by atoms with Gasteiger partial charge in [-0.05, 0) is 31.7 Å². The minimum absolute atomic E-state index is 0.0425. The molecular formula is C15H24N2O3. The first-order chi connectivity index (χ1) is 9.44. The van der Waals surface area contributed by atoms with Gasteiger partial charge in [0.05, 0.1) is 12.1 Å². The number of hydrogen-bond acceptors (Lipinski definition) is 3. The molecule has 1 atom stereocenters. The van der Waals surface area contributed by atoms with Gasteiger partial charge in [-0.2, -0.15) is 0 Å². The van der Waals surface area contributed by atoms with Gasteiger partial charge in [0.2, 0.25) is 0 Å². The molecule has 0 bridgehead atoms. The third-order valence-corrected chi connectivity index (χ3v) is 3.23. The minimum Gasteiger partial charge on any atom is -0.465 e. The number of aryl methyl sites for hydroxylation is 1. The highest BCUT2D eigenvalue weighted by atomic mass is 16.4. The van der Waals surface area contributed by atoms with E-state index < -0.39 is 11.7 Å². The van der Waals surface area contributed by atoms with Gasteiger partial charge in [-0.3, -0.25) is 0 Å². The molecule has 4 N–H and O–H groups in total. The third-order valence-electron chi connectivity index (χ3n) is 3.23. The van der Waals surface area contributed by atoms with Gasteiger partial charge in [0, 0.05) is 13.1 Å². The topological polar surface area (TPSA) is 86.8 Å². The van der Waals surface area contributed by atoms with Crippen LogP contribution in [-0.2, 0) is 6.42 Å². The van der Waals surface area contributed by atoms with Gasteiger partial charge < -0.3 is 20.8 Å². The zero-order chi connectivity index (χ0) is 15.0. The van der Waals surface area contributed by atoms with Crippen molar-refractivity contribution in [2.45, 2.75) is 31.8 Å². The van der Waals surface area contributed by atoms with Crippen molar-refractivity contribution >= 4 is 6.09 Å². The molecule has 1 aromatic rings. The van der Waals surface area contributed by atoms with Crippen molar-refractivity contribution < 1.29 is 15.0 Å². The Morgan fingerprint density at radius 3 is 2.50 bits per heavy atom. The first-order valence-corrected chi connectivity index (χ1v) is 6.89. The first kappa shape index (κ1) is 16.5. The van der Waals surface area contributed by atoms with Gasteiger partial charge >= 0.3 is 6.09 Å². The molecule has 0 aliphatic heterocycles. The molecule has 0 fully saturated rings. The Kier molecular flexibility index (Phi) is 6.48. The number of carbonyl (C=O) groups is 1. The van der Waals surface area contributed by atoms with Gasteiger partial charge in [-0.15, -0.1) is 0 Å². The molecule has 20 heavy (non-hydrogen) atoms. The van der Waals surface area contributed by atoms with E-state index in [-0.39, 0.29) is 13.1 Å². The summed E-state index contributed by atoms with van der Waals surface area (Å²) in [7, 11) is 0. The lowest BCUT2D eigenvalue weighted by molar-refractivity contribution is 0.0284. The molecule has 0 saturated carbocycles.